The predicted molar refractivity (Wildman–Crippen MR) is 251 cm³/mol. The molecule has 2 heterocycles. The fourth-order valence-electron chi connectivity index (χ4n) is 6.67. The minimum atomic E-state index is -2.07. The van der Waals surface area contributed by atoms with Gasteiger partial charge in [-0.2, -0.15) is 9.97 Å². The molecule has 2 aromatic carbocycles. The second-order valence-corrected chi connectivity index (χ2v) is 16.3. The lowest BCUT2D eigenvalue weighted by molar-refractivity contribution is -0.145. The molecule has 0 saturated heterocycles. The molecule has 0 radical (unpaired) electrons. The zero-order chi connectivity index (χ0) is 53.1. The Labute approximate surface area is 409 Å². The molecule has 4 aromatic rings. The van der Waals surface area contributed by atoms with E-state index < -0.39 is 109 Å². The van der Waals surface area contributed by atoms with Crippen LogP contribution in [0.5, 0.6) is 5.88 Å². The molecule has 0 unspecified atom stereocenters. The molecular formula is C45H54N12O15. The van der Waals surface area contributed by atoms with E-state index in [1.54, 1.807) is 43.3 Å². The molecule has 27 nitrogen and oxygen atoms in total. The summed E-state index contributed by atoms with van der Waals surface area (Å²) in [6.07, 6.45) is -1.97. The van der Waals surface area contributed by atoms with Gasteiger partial charge in [0.05, 0.1) is 37.7 Å². The summed E-state index contributed by atoms with van der Waals surface area (Å²) >= 11 is 0. The SMILES string of the molecule is Cc1ccc(C(=O)NCCCC[C@H](NC(=O)[C@H](CC(=O)O)NC(=O)[C@H](CC(=O)O)NC(=O)[C@@H](CC(=O)O)NC(=O)CC[C@@H](C)NC(=O)c2ccc(NCc3cnc4nc(N)nc(O)c4n3)cc2)C(=O)O)cc1. The number of carboxylic acids is 4. The van der Waals surface area contributed by atoms with Gasteiger partial charge in [-0.3, -0.25) is 43.2 Å². The van der Waals surface area contributed by atoms with Crippen molar-refractivity contribution in [3.63, 3.8) is 0 Å². The normalized spacial score (nSPS) is 12.9. The van der Waals surface area contributed by atoms with Crippen LogP contribution in [-0.4, -0.2) is 142 Å². The topological polar surface area (TPSA) is 434 Å². The Morgan fingerprint density at radius 1 is 0.625 bits per heavy atom. The third kappa shape index (κ3) is 18.1. The quantitative estimate of drug-likeness (QED) is 0.0321. The van der Waals surface area contributed by atoms with Crippen molar-refractivity contribution in [1.29, 1.82) is 0 Å². The van der Waals surface area contributed by atoms with E-state index in [-0.39, 0.29) is 73.8 Å². The number of hydrogen-bond acceptors (Lipinski definition) is 17. The zero-order valence-electron chi connectivity index (χ0n) is 38.8. The van der Waals surface area contributed by atoms with Crippen molar-refractivity contribution in [3.05, 3.63) is 77.1 Å². The van der Waals surface area contributed by atoms with Crippen molar-refractivity contribution in [2.75, 3.05) is 17.6 Å². The van der Waals surface area contributed by atoms with Crippen LogP contribution in [0.25, 0.3) is 11.2 Å². The fourth-order valence-corrected chi connectivity index (χ4v) is 6.67. The van der Waals surface area contributed by atoms with Crippen LogP contribution in [0.15, 0.2) is 54.7 Å². The number of hydrogen-bond donors (Lipinski definition) is 13. The van der Waals surface area contributed by atoms with E-state index in [1.807, 2.05) is 17.6 Å². The van der Waals surface area contributed by atoms with Crippen molar-refractivity contribution in [1.82, 2.24) is 51.8 Å². The molecule has 2 aromatic heterocycles. The smallest absolute Gasteiger partial charge is 0.326 e. The summed E-state index contributed by atoms with van der Waals surface area (Å²) in [6.45, 7) is 3.78. The first-order chi connectivity index (χ1) is 34.1. The monoisotopic (exact) mass is 1000 g/mol. The van der Waals surface area contributed by atoms with Gasteiger partial charge in [-0.25, -0.2) is 14.8 Å². The van der Waals surface area contributed by atoms with E-state index in [2.05, 4.69) is 46.5 Å². The van der Waals surface area contributed by atoms with E-state index >= 15 is 0 Å². The summed E-state index contributed by atoms with van der Waals surface area (Å²) in [4.78, 5) is 141. The maximum atomic E-state index is 13.4. The number of nitrogens with one attached hydrogen (secondary N) is 7. The summed E-state index contributed by atoms with van der Waals surface area (Å²) in [6, 6.07) is 4.91. The van der Waals surface area contributed by atoms with Gasteiger partial charge in [-0.05, 0) is 75.9 Å². The molecule has 0 aliphatic carbocycles. The van der Waals surface area contributed by atoms with Gasteiger partial charge in [0, 0.05) is 35.8 Å². The second-order valence-electron chi connectivity index (χ2n) is 16.3. The minimum absolute atomic E-state index is 0.00877. The second kappa shape index (κ2) is 26.6. The van der Waals surface area contributed by atoms with Crippen LogP contribution in [0, 0.1) is 6.92 Å². The Kier molecular flexibility index (Phi) is 20.6. The number of benzene rings is 2. The molecule has 0 aliphatic heterocycles. The number of aromatic hydroxyl groups is 1. The number of anilines is 2. The number of carbonyl (C=O) groups is 10. The number of fused-ring (bicyclic) bond motifs is 1. The highest BCUT2D eigenvalue weighted by Crippen LogP contribution is 2.19. The molecule has 14 N–H and O–H groups in total. The summed E-state index contributed by atoms with van der Waals surface area (Å²) in [7, 11) is 0. The maximum absolute atomic E-state index is 13.4. The lowest BCUT2D eigenvalue weighted by atomic mass is 10.1. The van der Waals surface area contributed by atoms with Gasteiger partial charge in [-0.15, -0.1) is 0 Å². The number of aliphatic carboxylic acids is 4. The van der Waals surface area contributed by atoms with Crippen LogP contribution in [0.2, 0.25) is 0 Å². The number of unbranched alkanes of at least 4 members (excludes halogenated alkanes) is 1. The standard InChI is InChI=1S/C45H54N12O15/c1-22-6-9-24(10-7-22)38(65)47-16-4-3-5-28(44(71)72)53-41(68)30(18-34(61)62)55-42(69)31(19-35(63)64)54-40(67)29(17-33(59)60)52-32(58)15-8-23(2)50-39(66)25-11-13-26(14-12-25)48-20-27-21-49-37-36(51-27)43(70)57-45(46)56-37/h6-7,9-14,21,23,28-31,48H,3-5,8,15-20H2,1-2H3,(H,47,65)(H,50,66)(H,52,58)(H,53,68)(H,54,67)(H,55,69)(H,59,60)(H,61,62)(H,63,64)(H,71,72)(H3,46,49,56,57,70)/t23-,28+,29-,30+,31+/m1/s1. The van der Waals surface area contributed by atoms with Gasteiger partial charge < -0.3 is 68.5 Å². The first-order valence-electron chi connectivity index (χ1n) is 22.1. The molecular weight excluding hydrogens is 949 g/mol. The van der Waals surface area contributed by atoms with Crippen molar-refractivity contribution < 1.29 is 73.5 Å². The number of rotatable bonds is 28. The number of aromatic nitrogens is 4. The first-order valence-corrected chi connectivity index (χ1v) is 22.1. The third-order valence-electron chi connectivity index (χ3n) is 10.4. The Bertz CT molecular complexity index is 2650. The van der Waals surface area contributed by atoms with Crippen LogP contribution < -0.4 is 43.0 Å². The van der Waals surface area contributed by atoms with Gasteiger partial charge in [0.25, 0.3) is 11.8 Å². The fraction of sp³-hybridized carbons (Fsp3) is 0.378. The maximum Gasteiger partial charge on any atom is 0.326 e. The van der Waals surface area contributed by atoms with Gasteiger partial charge in [0.15, 0.2) is 11.2 Å². The molecule has 0 fully saturated rings. The van der Waals surface area contributed by atoms with Crippen molar-refractivity contribution >= 4 is 82.1 Å². The lowest BCUT2D eigenvalue weighted by Gasteiger charge is -2.24. The van der Waals surface area contributed by atoms with Crippen LogP contribution in [-0.2, 0) is 44.9 Å². The van der Waals surface area contributed by atoms with E-state index in [0.717, 1.165) is 5.56 Å². The highest BCUT2D eigenvalue weighted by molar-refractivity contribution is 5.98. The highest BCUT2D eigenvalue weighted by Gasteiger charge is 2.34. The van der Waals surface area contributed by atoms with Crippen molar-refractivity contribution in [2.24, 2.45) is 0 Å². The number of nitrogens with zero attached hydrogens (tertiary/aromatic N) is 4. The van der Waals surface area contributed by atoms with Gasteiger partial charge >= 0.3 is 23.9 Å². The van der Waals surface area contributed by atoms with E-state index in [9.17, 15) is 73.5 Å². The Balaban J connectivity index is 1.28. The molecule has 5 atom stereocenters. The predicted octanol–water partition coefficient (Wildman–Crippen LogP) is -0.425. The number of aryl methyl sites for hydroxylation is 1. The van der Waals surface area contributed by atoms with Gasteiger partial charge in [0.1, 0.15) is 24.2 Å². The van der Waals surface area contributed by atoms with Crippen molar-refractivity contribution in [2.45, 2.75) is 102 Å². The Morgan fingerprint density at radius 2 is 1.15 bits per heavy atom. The van der Waals surface area contributed by atoms with Gasteiger partial charge in [-0.1, -0.05) is 17.7 Å². The summed E-state index contributed by atoms with van der Waals surface area (Å²) in [5, 5.41) is 65.2. The lowest BCUT2D eigenvalue weighted by Crippen LogP contribution is -2.58. The highest BCUT2D eigenvalue weighted by atomic mass is 16.4. The third-order valence-corrected chi connectivity index (χ3v) is 10.4. The van der Waals surface area contributed by atoms with E-state index in [1.165, 1.54) is 18.3 Å². The van der Waals surface area contributed by atoms with E-state index in [0.29, 0.717) is 16.9 Å². The molecule has 4 rings (SSSR count). The van der Waals surface area contributed by atoms with Gasteiger partial charge in [0.2, 0.25) is 35.5 Å². The summed E-state index contributed by atoms with van der Waals surface area (Å²) in [5.41, 5.74) is 8.36. The first kappa shape index (κ1) is 55.6. The minimum Gasteiger partial charge on any atom is -0.492 e. The molecule has 6 amide bonds. The van der Waals surface area contributed by atoms with Crippen molar-refractivity contribution in [3.8, 4) is 5.88 Å². The average Bonchev–Trinajstić information content (AvgIpc) is 3.31. The molecule has 0 bridgehead atoms. The number of nitrogen functional groups attached to an aromatic ring is 1. The Hall–Kier alpha value is -9.04. The zero-order valence-corrected chi connectivity index (χ0v) is 38.8. The van der Waals surface area contributed by atoms with Crippen LogP contribution in [0.4, 0.5) is 11.6 Å². The van der Waals surface area contributed by atoms with Crippen LogP contribution in [0.1, 0.15) is 90.3 Å². The number of nitrogens with two attached hydrogens (primary N) is 1. The molecule has 384 valence electrons. The van der Waals surface area contributed by atoms with Crippen LogP contribution in [0.3, 0.4) is 0 Å². The largest absolute Gasteiger partial charge is 0.492 e. The molecule has 0 spiro atoms. The van der Waals surface area contributed by atoms with Crippen LogP contribution >= 0.6 is 0 Å². The summed E-state index contributed by atoms with van der Waals surface area (Å²) in [5.74, 6) is -12.7. The Morgan fingerprint density at radius 3 is 1.71 bits per heavy atom. The average molecular weight is 1000 g/mol. The molecule has 27 heteroatoms. The number of carboxylic acid groups (broad SMARTS) is 4. The molecule has 72 heavy (non-hydrogen) atoms. The molecule has 0 aliphatic rings. The molecule has 0 saturated carbocycles. The van der Waals surface area contributed by atoms with E-state index in [4.69, 9.17) is 5.73 Å². The summed E-state index contributed by atoms with van der Waals surface area (Å²) < 4.78 is 0. The number of carbonyl (C=O) groups excluding carboxylic acids is 6. The number of amides is 6.